The van der Waals surface area contributed by atoms with Gasteiger partial charge in [-0.15, -0.1) is 0 Å². The summed E-state index contributed by atoms with van der Waals surface area (Å²) >= 11 is 0. The highest BCUT2D eigenvalue weighted by Gasteiger charge is 2.25. The van der Waals surface area contributed by atoms with Crippen molar-refractivity contribution in [1.29, 1.82) is 0 Å². The second-order valence-electron chi connectivity index (χ2n) is 4.88. The van der Waals surface area contributed by atoms with Crippen LogP contribution in [0, 0.1) is 0 Å². The molecule has 1 aliphatic carbocycles. The maximum absolute atomic E-state index is 5.48. The van der Waals surface area contributed by atoms with Gasteiger partial charge in [0, 0.05) is 20.2 Å². The van der Waals surface area contributed by atoms with Crippen LogP contribution in [-0.4, -0.2) is 47.9 Å². The quantitative estimate of drug-likeness (QED) is 0.787. The normalized spacial score (nSPS) is 21.8. The van der Waals surface area contributed by atoms with E-state index in [1.54, 1.807) is 14.2 Å². The highest BCUT2D eigenvalue weighted by molar-refractivity contribution is 5.36. The molecule has 1 aromatic rings. The molecule has 1 heterocycles. The summed E-state index contributed by atoms with van der Waals surface area (Å²) in [5.74, 6) is 1.06. The Kier molecular flexibility index (Phi) is 5.34. The van der Waals surface area contributed by atoms with Crippen LogP contribution < -0.4 is 15.4 Å². The Morgan fingerprint density at radius 1 is 1.20 bits per heavy atom. The number of anilines is 2. The van der Waals surface area contributed by atoms with Crippen LogP contribution >= 0.6 is 0 Å². The summed E-state index contributed by atoms with van der Waals surface area (Å²) < 4.78 is 10.8. The molecule has 2 atom stereocenters. The highest BCUT2D eigenvalue weighted by atomic mass is 16.5. The number of hydrogen-bond donors (Lipinski definition) is 2. The van der Waals surface area contributed by atoms with E-state index in [-0.39, 0.29) is 0 Å². The van der Waals surface area contributed by atoms with Crippen molar-refractivity contribution in [2.45, 2.75) is 44.8 Å². The van der Waals surface area contributed by atoms with Gasteiger partial charge in [-0.1, -0.05) is 6.92 Å². The maximum Gasteiger partial charge on any atom is 0.323 e. The van der Waals surface area contributed by atoms with Crippen molar-refractivity contribution in [2.24, 2.45) is 0 Å². The summed E-state index contributed by atoms with van der Waals surface area (Å²) in [5.41, 5.74) is 0. The fraction of sp³-hybridized carbons (Fsp3) is 0.769. The number of nitrogens with zero attached hydrogens (tertiary/aromatic N) is 3. The molecule has 0 aromatic carbocycles. The predicted octanol–water partition coefficient (Wildman–Crippen LogP) is 1.68. The van der Waals surface area contributed by atoms with Crippen LogP contribution in [-0.2, 0) is 4.74 Å². The monoisotopic (exact) mass is 281 g/mol. The summed E-state index contributed by atoms with van der Waals surface area (Å²) in [7, 11) is 3.53. The van der Waals surface area contributed by atoms with Gasteiger partial charge in [-0.2, -0.15) is 15.0 Å². The van der Waals surface area contributed by atoms with Crippen LogP contribution in [0.15, 0.2) is 0 Å². The molecule has 0 radical (unpaired) electrons. The van der Waals surface area contributed by atoms with Crippen molar-refractivity contribution in [3.8, 4) is 6.01 Å². The average molecular weight is 281 g/mol. The summed E-state index contributed by atoms with van der Waals surface area (Å²) in [6, 6.07) is 0.695. The Bertz CT molecular complexity index is 429. The molecule has 20 heavy (non-hydrogen) atoms. The Balaban J connectivity index is 2.02. The molecule has 0 bridgehead atoms. The lowest BCUT2D eigenvalue weighted by atomic mass is 10.2. The summed E-state index contributed by atoms with van der Waals surface area (Å²) in [6.45, 7) is 2.64. The lowest BCUT2D eigenvalue weighted by molar-refractivity contribution is 0.108. The van der Waals surface area contributed by atoms with E-state index in [0.717, 1.165) is 25.7 Å². The lowest BCUT2D eigenvalue weighted by Gasteiger charge is -2.14. The second-order valence-corrected chi connectivity index (χ2v) is 4.88. The first-order chi connectivity index (χ1) is 9.75. The van der Waals surface area contributed by atoms with Gasteiger partial charge >= 0.3 is 6.01 Å². The minimum Gasteiger partial charge on any atom is -0.463 e. The standard InChI is InChI=1S/C13H23N5O2/c1-4-7-20-13-17-11(14-2)16-12(18-13)15-9-5-6-10(8-9)19-3/h9-10H,4-8H2,1-3H3,(H2,14,15,16,17,18). The van der Waals surface area contributed by atoms with Gasteiger partial charge in [-0.05, 0) is 25.7 Å². The Morgan fingerprint density at radius 2 is 2.00 bits per heavy atom. The molecule has 1 aromatic heterocycles. The van der Waals surface area contributed by atoms with Crippen LogP contribution in [0.25, 0.3) is 0 Å². The average Bonchev–Trinajstić information content (AvgIpc) is 2.92. The first-order valence-electron chi connectivity index (χ1n) is 7.11. The Morgan fingerprint density at radius 3 is 2.65 bits per heavy atom. The number of methoxy groups -OCH3 is 1. The van der Waals surface area contributed by atoms with E-state index < -0.39 is 0 Å². The van der Waals surface area contributed by atoms with Gasteiger partial charge in [-0.3, -0.25) is 0 Å². The summed E-state index contributed by atoms with van der Waals surface area (Å²) in [4.78, 5) is 12.8. The van der Waals surface area contributed by atoms with E-state index in [9.17, 15) is 0 Å². The predicted molar refractivity (Wildman–Crippen MR) is 77.2 cm³/mol. The van der Waals surface area contributed by atoms with Crippen molar-refractivity contribution in [3.05, 3.63) is 0 Å². The van der Waals surface area contributed by atoms with Gasteiger partial charge in [0.25, 0.3) is 0 Å². The molecule has 0 saturated heterocycles. The Hall–Kier alpha value is -1.63. The molecular weight excluding hydrogens is 258 g/mol. The van der Waals surface area contributed by atoms with Gasteiger partial charge in [0.15, 0.2) is 0 Å². The minimum atomic E-state index is 0.328. The number of ether oxygens (including phenoxy) is 2. The molecule has 112 valence electrons. The third kappa shape index (κ3) is 3.93. The molecule has 2 unspecified atom stereocenters. The number of hydrogen-bond acceptors (Lipinski definition) is 7. The first kappa shape index (κ1) is 14.8. The molecule has 1 saturated carbocycles. The van der Waals surface area contributed by atoms with Crippen LogP contribution in [0.3, 0.4) is 0 Å². The largest absolute Gasteiger partial charge is 0.463 e. The number of nitrogens with one attached hydrogen (secondary N) is 2. The van der Waals surface area contributed by atoms with Gasteiger partial charge < -0.3 is 20.1 Å². The number of aromatic nitrogens is 3. The minimum absolute atomic E-state index is 0.328. The SMILES string of the molecule is CCCOc1nc(NC)nc(NC2CCC(OC)C2)n1. The van der Waals surface area contributed by atoms with Crippen LogP contribution in [0.1, 0.15) is 32.6 Å². The van der Waals surface area contributed by atoms with E-state index in [0.29, 0.717) is 36.7 Å². The van der Waals surface area contributed by atoms with Crippen molar-refractivity contribution in [3.63, 3.8) is 0 Å². The zero-order valence-electron chi connectivity index (χ0n) is 12.3. The van der Waals surface area contributed by atoms with Crippen molar-refractivity contribution in [1.82, 2.24) is 15.0 Å². The van der Waals surface area contributed by atoms with E-state index in [1.807, 2.05) is 6.92 Å². The molecular formula is C13H23N5O2. The first-order valence-corrected chi connectivity index (χ1v) is 7.11. The maximum atomic E-state index is 5.48. The van der Waals surface area contributed by atoms with Crippen LogP contribution in [0.2, 0.25) is 0 Å². The van der Waals surface area contributed by atoms with E-state index in [4.69, 9.17) is 9.47 Å². The topological polar surface area (TPSA) is 81.2 Å². The van der Waals surface area contributed by atoms with Crippen molar-refractivity contribution >= 4 is 11.9 Å². The smallest absolute Gasteiger partial charge is 0.323 e. The fourth-order valence-corrected chi connectivity index (χ4v) is 2.26. The molecule has 2 N–H and O–H groups in total. The van der Waals surface area contributed by atoms with Crippen molar-refractivity contribution < 1.29 is 9.47 Å². The van der Waals surface area contributed by atoms with E-state index in [2.05, 4.69) is 25.6 Å². The fourth-order valence-electron chi connectivity index (χ4n) is 2.26. The molecule has 1 aliphatic rings. The zero-order chi connectivity index (χ0) is 14.4. The molecule has 0 amide bonds. The third-order valence-electron chi connectivity index (χ3n) is 3.32. The zero-order valence-corrected chi connectivity index (χ0v) is 12.3. The number of rotatable bonds is 7. The lowest BCUT2D eigenvalue weighted by Crippen LogP contribution is -2.20. The van der Waals surface area contributed by atoms with Crippen LogP contribution in [0.4, 0.5) is 11.9 Å². The summed E-state index contributed by atoms with van der Waals surface area (Å²) in [5, 5.41) is 6.26. The molecule has 1 fully saturated rings. The second kappa shape index (κ2) is 7.23. The molecule has 2 rings (SSSR count). The molecule has 0 spiro atoms. The molecule has 7 heteroatoms. The third-order valence-corrected chi connectivity index (χ3v) is 3.32. The van der Waals surface area contributed by atoms with Crippen LogP contribution in [0.5, 0.6) is 6.01 Å². The Labute approximate surface area is 119 Å². The van der Waals surface area contributed by atoms with Gasteiger partial charge in [0.2, 0.25) is 11.9 Å². The molecule has 7 nitrogen and oxygen atoms in total. The van der Waals surface area contributed by atoms with E-state index in [1.165, 1.54) is 0 Å². The molecule has 0 aliphatic heterocycles. The van der Waals surface area contributed by atoms with E-state index >= 15 is 0 Å². The van der Waals surface area contributed by atoms with Crippen molar-refractivity contribution in [2.75, 3.05) is 31.4 Å². The van der Waals surface area contributed by atoms with Gasteiger partial charge in [0.1, 0.15) is 0 Å². The summed E-state index contributed by atoms with van der Waals surface area (Å²) in [6.07, 6.45) is 4.35. The van der Waals surface area contributed by atoms with Gasteiger partial charge in [-0.25, -0.2) is 0 Å². The highest BCUT2D eigenvalue weighted by Crippen LogP contribution is 2.24. The van der Waals surface area contributed by atoms with Gasteiger partial charge in [0.05, 0.1) is 12.7 Å².